The van der Waals surface area contributed by atoms with Gasteiger partial charge in [0.25, 0.3) is 6.33 Å². The molecule has 0 bridgehead atoms. The Morgan fingerprint density at radius 1 is 0.500 bits per heavy atom. The van der Waals surface area contributed by atoms with Crippen molar-refractivity contribution in [2.75, 3.05) is 9.80 Å². The van der Waals surface area contributed by atoms with Crippen molar-refractivity contribution in [3.05, 3.63) is 207 Å². The molecule has 0 aliphatic carbocycles. The van der Waals surface area contributed by atoms with Gasteiger partial charge in [0.15, 0.2) is 11.0 Å². The second-order valence-electron chi connectivity index (χ2n) is 12.8. The Hall–Kier alpha value is -6.22. The standard InChI is InChI=1S/C23H17N2.C23H16N2.2CH4.BF4.Ir/c2*1-3-11-20(12-4-1)24-17-25(21-13-5-2-6-14-21)23-16-19-10-8-7-9-18(19)15-22(23)24;;;2-1(3,4)5;/h1-17H;1-13,15-17H;2*1H4;;/q+1;-2;;;-1;. The van der Waals surface area contributed by atoms with E-state index in [0.717, 1.165) is 22.7 Å². The predicted molar refractivity (Wildman–Crippen MR) is 230 cm³/mol. The summed E-state index contributed by atoms with van der Waals surface area (Å²) < 4.78 is 43.5. The van der Waals surface area contributed by atoms with Gasteiger partial charge in [-0.2, -0.15) is 39.5 Å². The number of para-hydroxylation sites is 4. The summed E-state index contributed by atoms with van der Waals surface area (Å²) in [6, 6.07) is 68.9. The zero-order chi connectivity index (χ0) is 37.8. The molecule has 0 N–H and O–H groups in total. The van der Waals surface area contributed by atoms with E-state index in [2.05, 4.69) is 202 Å². The smallest absolute Gasteiger partial charge is 0.493 e. The summed E-state index contributed by atoms with van der Waals surface area (Å²) >= 11 is 0. The summed E-state index contributed by atoms with van der Waals surface area (Å²) in [7, 11) is -6.00. The Morgan fingerprint density at radius 3 is 1.48 bits per heavy atom. The first-order valence-corrected chi connectivity index (χ1v) is 17.7. The molecule has 2 heterocycles. The predicted octanol–water partition coefficient (Wildman–Crippen LogP) is 13.7. The van der Waals surface area contributed by atoms with Crippen LogP contribution in [-0.2, 0) is 20.1 Å². The third-order valence-corrected chi connectivity index (χ3v) is 9.24. The average molecular weight is 953 g/mol. The minimum Gasteiger partial charge on any atom is -0.493 e. The Balaban J connectivity index is 0.000000189. The maximum atomic E-state index is 9.75. The number of halogens is 4. The number of hydrogen-bond donors (Lipinski definition) is 0. The van der Waals surface area contributed by atoms with E-state index >= 15 is 0 Å². The number of hydrogen-bond acceptors (Lipinski definition) is 2. The van der Waals surface area contributed by atoms with Crippen LogP contribution in [0, 0.1) is 12.7 Å². The Kier molecular flexibility index (Phi) is 13.9. The van der Waals surface area contributed by atoms with Crippen molar-refractivity contribution < 1.29 is 41.9 Å². The van der Waals surface area contributed by atoms with Crippen LogP contribution in [0.5, 0.6) is 0 Å². The molecular formula is C48H41BF4IrN4-2. The summed E-state index contributed by atoms with van der Waals surface area (Å²) in [6.07, 6.45) is 2.17. The van der Waals surface area contributed by atoms with E-state index in [1.165, 1.54) is 44.0 Å². The molecular weight excluding hydrogens is 912 g/mol. The zero-order valence-corrected chi connectivity index (χ0v) is 32.2. The minimum absolute atomic E-state index is 0. The maximum absolute atomic E-state index is 9.75. The van der Waals surface area contributed by atoms with Crippen molar-refractivity contribution in [3.63, 3.8) is 0 Å². The number of imidazole rings is 1. The first-order valence-electron chi connectivity index (χ1n) is 17.7. The fourth-order valence-corrected chi connectivity index (χ4v) is 6.79. The van der Waals surface area contributed by atoms with Crippen LogP contribution in [-0.4, -0.2) is 11.8 Å². The third kappa shape index (κ3) is 9.48. The SMILES string of the molecule is C.C.F[B-](F)(F)F.[Ir].[c-]1ccccc1N1[CH-]N(c2ccccc2)c2cc3ccccc3cc21.c1ccc(-n2c[n+](-c3ccccc3)c3cc4ccccc4cc32)cc1. The summed E-state index contributed by atoms with van der Waals surface area (Å²) in [4.78, 5) is 4.44. The second-order valence-corrected chi connectivity index (χ2v) is 12.8. The molecule has 1 radical (unpaired) electrons. The molecule has 1 aliphatic heterocycles. The van der Waals surface area contributed by atoms with Gasteiger partial charge in [0, 0.05) is 37.2 Å². The van der Waals surface area contributed by atoms with Crippen molar-refractivity contribution in [1.29, 1.82) is 0 Å². The van der Waals surface area contributed by atoms with Crippen LogP contribution in [0.2, 0.25) is 0 Å². The fourth-order valence-electron chi connectivity index (χ4n) is 6.79. The molecule has 58 heavy (non-hydrogen) atoms. The van der Waals surface area contributed by atoms with E-state index in [0.29, 0.717) is 0 Å². The van der Waals surface area contributed by atoms with Crippen LogP contribution in [0.1, 0.15) is 14.9 Å². The number of benzene rings is 8. The molecule has 10 rings (SSSR count). The van der Waals surface area contributed by atoms with Crippen LogP contribution in [0.4, 0.5) is 40.0 Å². The molecule has 295 valence electrons. The van der Waals surface area contributed by atoms with Gasteiger partial charge in [-0.05, 0) is 82.2 Å². The normalized spacial score (nSPS) is 11.6. The molecule has 10 heteroatoms. The summed E-state index contributed by atoms with van der Waals surface area (Å²) in [5.74, 6) is 0. The van der Waals surface area contributed by atoms with E-state index in [1.54, 1.807) is 0 Å². The monoisotopic (exact) mass is 953 g/mol. The van der Waals surface area contributed by atoms with Gasteiger partial charge in [-0.15, -0.1) is 12.4 Å². The first-order chi connectivity index (χ1) is 26.8. The number of fused-ring (bicyclic) bond motifs is 4. The molecule has 0 saturated carbocycles. The third-order valence-electron chi connectivity index (χ3n) is 9.24. The van der Waals surface area contributed by atoms with E-state index in [4.69, 9.17) is 0 Å². The average Bonchev–Trinajstić information content (AvgIpc) is 3.78. The molecule has 8 aromatic carbocycles. The van der Waals surface area contributed by atoms with Gasteiger partial charge in [0.1, 0.15) is 11.4 Å². The molecule has 4 nitrogen and oxygen atoms in total. The Labute approximate surface area is 350 Å². The van der Waals surface area contributed by atoms with E-state index in [9.17, 15) is 17.3 Å². The van der Waals surface area contributed by atoms with E-state index in [1.807, 2.05) is 24.3 Å². The molecule has 0 unspecified atom stereocenters. The van der Waals surface area contributed by atoms with Crippen molar-refractivity contribution in [3.8, 4) is 11.4 Å². The van der Waals surface area contributed by atoms with E-state index in [-0.39, 0.29) is 35.0 Å². The number of aromatic nitrogens is 2. The van der Waals surface area contributed by atoms with Gasteiger partial charge in [-0.1, -0.05) is 118 Å². The summed E-state index contributed by atoms with van der Waals surface area (Å²) in [6.45, 7) is 2.14. The van der Waals surface area contributed by atoms with Gasteiger partial charge in [-0.25, -0.2) is 0 Å². The fraction of sp³-hybridized carbons (Fsp3) is 0.0417. The molecule has 1 aromatic heterocycles. The van der Waals surface area contributed by atoms with Gasteiger partial charge in [0.2, 0.25) is 0 Å². The Morgan fingerprint density at radius 2 is 0.948 bits per heavy atom. The summed E-state index contributed by atoms with van der Waals surface area (Å²) in [5.41, 5.74) is 9.28. The largest absolute Gasteiger partial charge is 0.673 e. The zero-order valence-electron chi connectivity index (χ0n) is 29.8. The number of anilines is 4. The Bertz CT molecular complexity index is 2510. The van der Waals surface area contributed by atoms with Gasteiger partial charge >= 0.3 is 7.25 Å². The van der Waals surface area contributed by atoms with Gasteiger partial charge < -0.3 is 27.1 Å². The maximum Gasteiger partial charge on any atom is 0.673 e. The van der Waals surface area contributed by atoms with Crippen molar-refractivity contribution in [2.45, 2.75) is 14.9 Å². The molecule has 0 fully saturated rings. The van der Waals surface area contributed by atoms with Crippen LogP contribution < -0.4 is 14.4 Å². The van der Waals surface area contributed by atoms with Crippen LogP contribution in [0.3, 0.4) is 0 Å². The van der Waals surface area contributed by atoms with Gasteiger partial charge in [0.05, 0.1) is 0 Å². The number of nitrogens with zero attached hydrogens (tertiary/aromatic N) is 4. The molecule has 9 aromatic rings. The molecule has 0 atom stereocenters. The molecule has 0 saturated heterocycles. The minimum atomic E-state index is -6.00. The second kappa shape index (κ2) is 18.8. The van der Waals surface area contributed by atoms with Gasteiger partial charge in [-0.3, -0.25) is 0 Å². The first kappa shape index (κ1) is 42.9. The van der Waals surface area contributed by atoms with Crippen LogP contribution in [0.25, 0.3) is 44.0 Å². The van der Waals surface area contributed by atoms with Crippen molar-refractivity contribution in [1.82, 2.24) is 4.57 Å². The van der Waals surface area contributed by atoms with Crippen LogP contribution >= 0.6 is 0 Å². The topological polar surface area (TPSA) is 15.3 Å². The quantitative estimate of drug-likeness (QED) is 0.0756. The van der Waals surface area contributed by atoms with Crippen molar-refractivity contribution >= 4 is 62.6 Å². The van der Waals surface area contributed by atoms with E-state index < -0.39 is 7.25 Å². The molecule has 0 amide bonds. The summed E-state index contributed by atoms with van der Waals surface area (Å²) in [5, 5.41) is 5.00. The van der Waals surface area contributed by atoms with Crippen molar-refractivity contribution in [2.24, 2.45) is 0 Å². The van der Waals surface area contributed by atoms with Crippen LogP contribution in [0.15, 0.2) is 194 Å². The molecule has 1 aliphatic rings. The molecule has 0 spiro atoms. The number of rotatable bonds is 4.